The Hall–Kier alpha value is -4.65. The van der Waals surface area contributed by atoms with Crippen molar-refractivity contribution in [2.45, 2.75) is 38.5 Å². The second-order valence-corrected chi connectivity index (χ2v) is 10.2. The van der Waals surface area contributed by atoms with Crippen LogP contribution in [0.2, 0.25) is 0 Å². The molecule has 1 aromatic heterocycles. The summed E-state index contributed by atoms with van der Waals surface area (Å²) in [6.45, 7) is 3.70. The molecule has 0 saturated carbocycles. The number of aromatic nitrogens is 1. The van der Waals surface area contributed by atoms with Crippen LogP contribution in [0.15, 0.2) is 66.9 Å². The number of hydrogen-bond acceptors (Lipinski definition) is 7. The molecule has 234 valence electrons. The number of unbranched alkanes of at least 4 members (excludes halogenated alkanes) is 1. The fourth-order valence-electron chi connectivity index (χ4n) is 4.37. The van der Waals surface area contributed by atoms with E-state index in [1.54, 1.807) is 34.1 Å². The third-order valence-electron chi connectivity index (χ3n) is 6.90. The molecule has 13 heteroatoms. The molecule has 1 aliphatic rings. The highest BCUT2D eigenvalue weighted by Gasteiger charge is 2.30. The molecule has 0 aliphatic carbocycles. The smallest absolute Gasteiger partial charge is 0.416 e. The van der Waals surface area contributed by atoms with Crippen LogP contribution in [-0.2, 0) is 22.1 Å². The van der Waals surface area contributed by atoms with Crippen molar-refractivity contribution in [1.29, 1.82) is 0 Å². The van der Waals surface area contributed by atoms with E-state index in [0.29, 0.717) is 49.8 Å². The van der Waals surface area contributed by atoms with Gasteiger partial charge in [0, 0.05) is 44.2 Å². The molecule has 0 spiro atoms. The molecule has 2 N–H and O–H groups in total. The molecule has 3 aromatic rings. The SMILES string of the molecule is CCCCOC(=O)N1CCN(C(=O)C(O)Cc2ccc(Oc3ccc(NC(=O)c4ccc(C(F)(F)F)cc4)cn3)cc2)CC1. The van der Waals surface area contributed by atoms with E-state index in [1.807, 2.05) is 6.92 Å². The molecule has 44 heavy (non-hydrogen) atoms. The number of halogens is 3. The quantitative estimate of drug-likeness (QED) is 0.304. The van der Waals surface area contributed by atoms with E-state index in [2.05, 4.69) is 10.3 Å². The lowest BCUT2D eigenvalue weighted by Crippen LogP contribution is -2.53. The van der Waals surface area contributed by atoms with Crippen molar-refractivity contribution < 1.29 is 42.1 Å². The van der Waals surface area contributed by atoms with Crippen LogP contribution >= 0.6 is 0 Å². The number of pyridine rings is 1. The first kappa shape index (κ1) is 32.3. The van der Waals surface area contributed by atoms with Crippen LogP contribution in [0.3, 0.4) is 0 Å². The molecule has 1 aliphatic heterocycles. The summed E-state index contributed by atoms with van der Waals surface area (Å²) in [5.41, 5.74) is 0.255. The Morgan fingerprint density at radius 2 is 1.61 bits per heavy atom. The van der Waals surface area contributed by atoms with E-state index in [1.165, 1.54) is 18.3 Å². The Bertz CT molecular complexity index is 1410. The fourth-order valence-corrected chi connectivity index (χ4v) is 4.37. The largest absolute Gasteiger partial charge is 0.449 e. The molecular formula is C31H33F3N4O6. The summed E-state index contributed by atoms with van der Waals surface area (Å²) in [6, 6.07) is 13.7. The van der Waals surface area contributed by atoms with Gasteiger partial charge < -0.3 is 29.7 Å². The number of aliphatic hydroxyl groups excluding tert-OH is 1. The van der Waals surface area contributed by atoms with Gasteiger partial charge in [-0.25, -0.2) is 9.78 Å². The number of ether oxygens (including phenoxy) is 2. The lowest BCUT2D eigenvalue weighted by Gasteiger charge is -2.35. The summed E-state index contributed by atoms with van der Waals surface area (Å²) in [6.07, 6.45) is -2.93. The van der Waals surface area contributed by atoms with Crippen molar-refractivity contribution in [3.8, 4) is 11.6 Å². The second kappa shape index (κ2) is 14.7. The minimum absolute atomic E-state index is 0.0626. The van der Waals surface area contributed by atoms with E-state index in [4.69, 9.17) is 9.47 Å². The molecule has 3 amide bonds. The Kier molecular flexibility index (Phi) is 10.8. The van der Waals surface area contributed by atoms with E-state index >= 15 is 0 Å². The van der Waals surface area contributed by atoms with Crippen molar-refractivity contribution in [3.63, 3.8) is 0 Å². The van der Waals surface area contributed by atoms with Gasteiger partial charge in [-0.1, -0.05) is 25.5 Å². The van der Waals surface area contributed by atoms with Crippen LogP contribution in [0.1, 0.15) is 41.3 Å². The average molecular weight is 615 g/mol. The summed E-state index contributed by atoms with van der Waals surface area (Å²) in [5, 5.41) is 13.1. The summed E-state index contributed by atoms with van der Waals surface area (Å²) >= 11 is 0. The van der Waals surface area contributed by atoms with Gasteiger partial charge in [0.25, 0.3) is 11.8 Å². The number of nitrogens with zero attached hydrogens (tertiary/aromatic N) is 3. The molecule has 0 bridgehead atoms. The number of carbonyl (C=O) groups is 3. The topological polar surface area (TPSA) is 121 Å². The normalized spacial score (nSPS) is 14.1. The molecule has 0 radical (unpaired) electrons. The van der Waals surface area contributed by atoms with Crippen LogP contribution in [0.4, 0.5) is 23.7 Å². The van der Waals surface area contributed by atoms with Crippen LogP contribution in [-0.4, -0.2) is 76.7 Å². The van der Waals surface area contributed by atoms with Crippen LogP contribution in [0.25, 0.3) is 0 Å². The van der Waals surface area contributed by atoms with E-state index in [9.17, 15) is 32.7 Å². The Balaban J connectivity index is 1.22. The maximum Gasteiger partial charge on any atom is 0.416 e. The summed E-state index contributed by atoms with van der Waals surface area (Å²) in [7, 11) is 0. The number of amides is 3. The summed E-state index contributed by atoms with van der Waals surface area (Å²) in [4.78, 5) is 44.5. The summed E-state index contributed by atoms with van der Waals surface area (Å²) in [5.74, 6) is -0.311. The molecule has 4 rings (SSSR count). The zero-order valence-corrected chi connectivity index (χ0v) is 24.0. The monoisotopic (exact) mass is 614 g/mol. The minimum atomic E-state index is -4.49. The Morgan fingerprint density at radius 3 is 2.20 bits per heavy atom. The van der Waals surface area contributed by atoms with Gasteiger partial charge in [0.05, 0.1) is 24.1 Å². The second-order valence-electron chi connectivity index (χ2n) is 10.2. The van der Waals surface area contributed by atoms with Gasteiger partial charge in [0.1, 0.15) is 11.9 Å². The highest BCUT2D eigenvalue weighted by molar-refractivity contribution is 6.04. The number of carbonyl (C=O) groups excluding carboxylic acids is 3. The Labute approximate surface area is 252 Å². The van der Waals surface area contributed by atoms with E-state index < -0.39 is 29.7 Å². The maximum atomic E-state index is 12.8. The van der Waals surface area contributed by atoms with Gasteiger partial charge in [-0.05, 0) is 54.4 Å². The first-order valence-corrected chi connectivity index (χ1v) is 14.1. The fraction of sp³-hybridized carbons (Fsp3) is 0.355. The van der Waals surface area contributed by atoms with Gasteiger partial charge in [-0.15, -0.1) is 0 Å². The number of piperazine rings is 1. The molecule has 10 nitrogen and oxygen atoms in total. The Morgan fingerprint density at radius 1 is 0.955 bits per heavy atom. The van der Waals surface area contributed by atoms with Gasteiger partial charge in [-0.2, -0.15) is 13.2 Å². The van der Waals surface area contributed by atoms with Gasteiger partial charge in [0.2, 0.25) is 5.88 Å². The standard InChI is InChI=1S/C31H33F3N4O6/c1-2-3-18-43-30(42)38-16-14-37(15-17-38)29(41)26(39)19-21-4-11-25(12-5-21)44-27-13-10-24(20-35-27)36-28(40)22-6-8-23(9-7-22)31(32,33)34/h4-13,20,26,39H,2-3,14-19H2,1H3,(H,36,40). The zero-order valence-electron chi connectivity index (χ0n) is 24.0. The lowest BCUT2D eigenvalue weighted by molar-refractivity contribution is -0.141. The third kappa shape index (κ3) is 8.93. The van der Waals surface area contributed by atoms with Gasteiger partial charge in [-0.3, -0.25) is 9.59 Å². The lowest BCUT2D eigenvalue weighted by atomic mass is 10.1. The molecule has 2 heterocycles. The number of nitrogens with one attached hydrogen (secondary N) is 1. The van der Waals surface area contributed by atoms with E-state index in [0.717, 1.165) is 37.1 Å². The highest BCUT2D eigenvalue weighted by Crippen LogP contribution is 2.29. The number of benzene rings is 2. The molecule has 1 atom stereocenters. The van der Waals surface area contributed by atoms with Crippen LogP contribution in [0, 0.1) is 0 Å². The maximum absolute atomic E-state index is 12.8. The number of hydrogen-bond donors (Lipinski definition) is 2. The highest BCUT2D eigenvalue weighted by atomic mass is 19.4. The van der Waals surface area contributed by atoms with E-state index in [-0.39, 0.29) is 24.0 Å². The first-order valence-electron chi connectivity index (χ1n) is 14.1. The molecule has 1 fully saturated rings. The van der Waals surface area contributed by atoms with Crippen molar-refractivity contribution in [2.24, 2.45) is 0 Å². The number of aliphatic hydroxyl groups is 1. The number of rotatable bonds is 10. The predicted molar refractivity (Wildman–Crippen MR) is 154 cm³/mol. The molecule has 2 aromatic carbocycles. The average Bonchev–Trinajstić information content (AvgIpc) is 3.02. The minimum Gasteiger partial charge on any atom is -0.449 e. The van der Waals surface area contributed by atoms with Crippen molar-refractivity contribution in [1.82, 2.24) is 14.8 Å². The summed E-state index contributed by atoms with van der Waals surface area (Å²) < 4.78 is 49.1. The molecular weight excluding hydrogens is 581 g/mol. The van der Waals surface area contributed by atoms with Crippen molar-refractivity contribution >= 4 is 23.6 Å². The third-order valence-corrected chi connectivity index (χ3v) is 6.90. The zero-order chi connectivity index (χ0) is 31.7. The van der Waals surface area contributed by atoms with Crippen molar-refractivity contribution in [2.75, 3.05) is 38.1 Å². The van der Waals surface area contributed by atoms with Crippen LogP contribution in [0.5, 0.6) is 11.6 Å². The van der Waals surface area contributed by atoms with Crippen molar-refractivity contribution in [3.05, 3.63) is 83.6 Å². The first-order chi connectivity index (χ1) is 21.0. The number of alkyl halides is 3. The molecule has 1 saturated heterocycles. The molecule has 1 unspecified atom stereocenters. The van der Waals surface area contributed by atoms with Gasteiger partial charge >= 0.3 is 12.3 Å². The number of anilines is 1. The van der Waals surface area contributed by atoms with Crippen LogP contribution < -0.4 is 10.1 Å². The van der Waals surface area contributed by atoms with Gasteiger partial charge in [0.15, 0.2) is 0 Å². The predicted octanol–water partition coefficient (Wildman–Crippen LogP) is 5.13.